The molecule has 2 heteroatoms. The SMILES string of the molecule is C=c1cccc/c1=C(\c1ccc(/C(N)=C(/N)c2ccc(-c3c4ccccc4cc4ccccc34)cc2)cc1)c1ccccc1Cc1ccccc1. The summed E-state index contributed by atoms with van der Waals surface area (Å²) in [4.78, 5) is 0. The molecular formula is C49H38N2. The van der Waals surface area contributed by atoms with Crippen LogP contribution in [0.15, 0.2) is 182 Å². The first kappa shape index (κ1) is 31.6. The Bertz CT molecular complexity index is 2610. The van der Waals surface area contributed by atoms with Crippen molar-refractivity contribution in [1.29, 1.82) is 0 Å². The molecule has 0 spiro atoms. The van der Waals surface area contributed by atoms with Crippen molar-refractivity contribution in [3.8, 4) is 11.1 Å². The van der Waals surface area contributed by atoms with Crippen molar-refractivity contribution in [3.05, 3.63) is 226 Å². The molecule has 0 aliphatic heterocycles. The van der Waals surface area contributed by atoms with Gasteiger partial charge in [0.05, 0.1) is 11.4 Å². The first-order chi connectivity index (χ1) is 25.0. The van der Waals surface area contributed by atoms with Gasteiger partial charge in [0.15, 0.2) is 0 Å². The lowest BCUT2D eigenvalue weighted by Gasteiger charge is -2.16. The highest BCUT2D eigenvalue weighted by Crippen LogP contribution is 2.37. The molecule has 51 heavy (non-hydrogen) atoms. The molecule has 0 bridgehead atoms. The fourth-order valence-electron chi connectivity index (χ4n) is 7.22. The summed E-state index contributed by atoms with van der Waals surface area (Å²) in [5, 5.41) is 6.99. The molecule has 0 amide bonds. The molecule has 0 heterocycles. The summed E-state index contributed by atoms with van der Waals surface area (Å²) in [6.45, 7) is 4.40. The Hall–Kier alpha value is -6.64. The summed E-state index contributed by atoms with van der Waals surface area (Å²) in [6, 6.07) is 63.9. The molecule has 2 nitrogen and oxygen atoms in total. The van der Waals surface area contributed by atoms with Crippen LogP contribution < -0.4 is 21.9 Å². The van der Waals surface area contributed by atoms with Crippen LogP contribution in [0, 0.1) is 0 Å². The highest BCUT2D eigenvalue weighted by atomic mass is 14.7. The van der Waals surface area contributed by atoms with Gasteiger partial charge in [-0.1, -0.05) is 183 Å². The Kier molecular flexibility index (Phi) is 8.49. The van der Waals surface area contributed by atoms with Crippen LogP contribution in [-0.4, -0.2) is 0 Å². The molecule has 8 aromatic carbocycles. The van der Waals surface area contributed by atoms with Gasteiger partial charge in [0.2, 0.25) is 0 Å². The molecule has 4 N–H and O–H groups in total. The molecular weight excluding hydrogens is 617 g/mol. The first-order valence-corrected chi connectivity index (χ1v) is 17.3. The Morgan fingerprint density at radius 2 is 0.980 bits per heavy atom. The van der Waals surface area contributed by atoms with Crippen molar-refractivity contribution >= 4 is 45.1 Å². The normalized spacial score (nSPS) is 12.5. The predicted molar refractivity (Wildman–Crippen MR) is 217 cm³/mol. The number of fused-ring (bicyclic) bond motifs is 2. The predicted octanol–water partition coefficient (Wildman–Crippen LogP) is 9.65. The summed E-state index contributed by atoms with van der Waals surface area (Å²) < 4.78 is 0. The number of nitrogens with two attached hydrogens (primary N) is 2. The Morgan fingerprint density at radius 3 is 1.63 bits per heavy atom. The van der Waals surface area contributed by atoms with Gasteiger partial charge < -0.3 is 11.5 Å². The quantitative estimate of drug-likeness (QED) is 0.133. The van der Waals surface area contributed by atoms with E-state index >= 15 is 0 Å². The highest BCUT2D eigenvalue weighted by Gasteiger charge is 2.15. The fourth-order valence-corrected chi connectivity index (χ4v) is 7.22. The lowest BCUT2D eigenvalue weighted by molar-refractivity contribution is 1.18. The van der Waals surface area contributed by atoms with Gasteiger partial charge >= 0.3 is 0 Å². The van der Waals surface area contributed by atoms with Crippen LogP contribution in [0.1, 0.15) is 33.4 Å². The van der Waals surface area contributed by atoms with Crippen molar-refractivity contribution in [1.82, 2.24) is 0 Å². The molecule has 0 fully saturated rings. The largest absolute Gasteiger partial charge is 0.397 e. The molecule has 0 aliphatic rings. The van der Waals surface area contributed by atoms with Gasteiger partial charge in [0.1, 0.15) is 0 Å². The molecule has 0 unspecified atom stereocenters. The van der Waals surface area contributed by atoms with Gasteiger partial charge in [-0.2, -0.15) is 0 Å². The van der Waals surface area contributed by atoms with E-state index in [1.54, 1.807) is 0 Å². The van der Waals surface area contributed by atoms with Crippen LogP contribution in [0.2, 0.25) is 0 Å². The molecule has 8 aromatic rings. The minimum Gasteiger partial charge on any atom is -0.397 e. The minimum atomic E-state index is 0.550. The van der Waals surface area contributed by atoms with Crippen LogP contribution in [0.5, 0.6) is 0 Å². The zero-order valence-electron chi connectivity index (χ0n) is 28.4. The van der Waals surface area contributed by atoms with E-state index in [0.29, 0.717) is 11.4 Å². The molecule has 0 radical (unpaired) electrons. The van der Waals surface area contributed by atoms with Crippen LogP contribution in [-0.2, 0) is 6.42 Å². The van der Waals surface area contributed by atoms with Gasteiger partial charge in [0.25, 0.3) is 0 Å². The van der Waals surface area contributed by atoms with Gasteiger partial charge in [-0.3, -0.25) is 0 Å². The van der Waals surface area contributed by atoms with Crippen molar-refractivity contribution in [3.63, 3.8) is 0 Å². The van der Waals surface area contributed by atoms with E-state index < -0.39 is 0 Å². The summed E-state index contributed by atoms with van der Waals surface area (Å²) >= 11 is 0. The topological polar surface area (TPSA) is 52.0 Å². The number of hydrogen-bond acceptors (Lipinski definition) is 2. The fraction of sp³-hybridized carbons (Fsp3) is 0.0204. The molecule has 0 atom stereocenters. The maximum atomic E-state index is 6.79. The Morgan fingerprint density at radius 1 is 0.471 bits per heavy atom. The van der Waals surface area contributed by atoms with E-state index in [4.69, 9.17) is 11.5 Å². The van der Waals surface area contributed by atoms with Gasteiger partial charge in [0, 0.05) is 0 Å². The third-order valence-corrected chi connectivity index (χ3v) is 9.84. The average molecular weight is 655 g/mol. The van der Waals surface area contributed by atoms with E-state index in [2.05, 4.69) is 183 Å². The van der Waals surface area contributed by atoms with Crippen molar-refractivity contribution < 1.29 is 0 Å². The lowest BCUT2D eigenvalue weighted by atomic mass is 9.88. The summed E-state index contributed by atoms with van der Waals surface area (Å²) in [5.74, 6) is 0. The molecule has 0 aliphatic carbocycles. The standard InChI is InChI=1S/C49H38N2/c1-33-13-5-9-19-42(33)46(43-20-10-6-16-39(43)31-34-14-3-2-4-15-34)35-23-27-37(28-24-35)48(50)49(51)38-29-25-36(26-30-38)47-44-21-11-7-17-40(44)32-41-18-8-12-22-45(41)47/h2-30,32H,1,31,50-51H2/b46-42-,49-48-. The van der Waals surface area contributed by atoms with Crippen molar-refractivity contribution in [2.75, 3.05) is 0 Å². The molecule has 8 rings (SSSR count). The van der Waals surface area contributed by atoms with Gasteiger partial charge in [-0.25, -0.2) is 0 Å². The Labute approximate surface area is 299 Å². The van der Waals surface area contributed by atoms with Crippen LogP contribution in [0.4, 0.5) is 0 Å². The van der Waals surface area contributed by atoms with E-state index in [-0.39, 0.29) is 0 Å². The highest BCUT2D eigenvalue weighted by molar-refractivity contribution is 6.12. The summed E-state index contributed by atoms with van der Waals surface area (Å²) in [6.07, 6.45) is 0.833. The van der Waals surface area contributed by atoms with Gasteiger partial charge in [-0.05, 0) is 94.6 Å². The van der Waals surface area contributed by atoms with Gasteiger partial charge in [-0.15, -0.1) is 0 Å². The second-order valence-corrected chi connectivity index (χ2v) is 13.0. The third kappa shape index (κ3) is 6.20. The second-order valence-electron chi connectivity index (χ2n) is 13.0. The monoisotopic (exact) mass is 654 g/mol. The number of benzene rings is 8. The molecule has 0 saturated carbocycles. The first-order valence-electron chi connectivity index (χ1n) is 17.3. The van der Waals surface area contributed by atoms with E-state index in [9.17, 15) is 0 Å². The van der Waals surface area contributed by atoms with Crippen molar-refractivity contribution in [2.24, 2.45) is 11.5 Å². The van der Waals surface area contributed by atoms with Crippen molar-refractivity contribution in [2.45, 2.75) is 6.42 Å². The Balaban J connectivity index is 1.16. The average Bonchev–Trinajstić information content (AvgIpc) is 3.18. The minimum absolute atomic E-state index is 0.550. The van der Waals surface area contributed by atoms with E-state index in [1.807, 2.05) is 6.07 Å². The van der Waals surface area contributed by atoms with E-state index in [0.717, 1.165) is 44.7 Å². The maximum absolute atomic E-state index is 6.79. The van der Waals surface area contributed by atoms with Crippen LogP contribution >= 0.6 is 0 Å². The zero-order chi connectivity index (χ0) is 34.7. The second kappa shape index (κ2) is 13.7. The zero-order valence-corrected chi connectivity index (χ0v) is 28.4. The molecule has 244 valence electrons. The van der Waals surface area contributed by atoms with Crippen LogP contribution in [0.25, 0.3) is 56.2 Å². The third-order valence-electron chi connectivity index (χ3n) is 9.84. The maximum Gasteiger partial charge on any atom is 0.0627 e. The summed E-state index contributed by atoms with van der Waals surface area (Å²) in [7, 11) is 0. The smallest absolute Gasteiger partial charge is 0.0627 e. The van der Waals surface area contributed by atoms with Crippen LogP contribution in [0.3, 0.4) is 0 Å². The molecule has 0 aromatic heterocycles. The number of rotatable bonds is 7. The van der Waals surface area contributed by atoms with E-state index in [1.165, 1.54) is 43.8 Å². The summed E-state index contributed by atoms with van der Waals surface area (Å²) in [5.41, 5.74) is 24.7. The lowest BCUT2D eigenvalue weighted by Crippen LogP contribution is -2.26. The number of hydrogen-bond donors (Lipinski definition) is 2. The molecule has 0 saturated heterocycles.